The van der Waals surface area contributed by atoms with Crippen molar-refractivity contribution >= 4 is 17.2 Å². The van der Waals surface area contributed by atoms with Gasteiger partial charge in [0.2, 0.25) is 0 Å². The van der Waals surface area contributed by atoms with Crippen LogP contribution < -0.4 is 0 Å². The summed E-state index contributed by atoms with van der Waals surface area (Å²) in [5.74, 6) is 1.05. The molecule has 1 heterocycles. The molecule has 2 aromatic carbocycles. The van der Waals surface area contributed by atoms with Crippen LogP contribution in [0.3, 0.4) is 0 Å². The molecule has 0 fully saturated rings. The van der Waals surface area contributed by atoms with Crippen LogP contribution in [0.4, 0.5) is 0 Å². The molecule has 4 heteroatoms. The summed E-state index contributed by atoms with van der Waals surface area (Å²) in [6.45, 7) is 5.58. The second-order valence-electron chi connectivity index (χ2n) is 6.39. The van der Waals surface area contributed by atoms with Gasteiger partial charge in [-0.15, -0.1) is 0 Å². The lowest BCUT2D eigenvalue weighted by atomic mass is 10.1. The first-order valence-corrected chi connectivity index (χ1v) is 8.99. The fourth-order valence-corrected chi connectivity index (χ4v) is 2.86. The Hall–Kier alpha value is -2.88. The van der Waals surface area contributed by atoms with Gasteiger partial charge in [0.15, 0.2) is 0 Å². The number of allylic oxidation sites excluding steroid dienone is 2. The first-order chi connectivity index (χ1) is 12.7. The number of benzene rings is 2. The molecule has 0 amide bonds. The number of hydrogen-bond donors (Lipinski definition) is 0. The van der Waals surface area contributed by atoms with Crippen LogP contribution in [0.15, 0.2) is 71.4 Å². The standard InChI is InChI=1S/C22H25N3O/c1-18(9-8-15-23-26-17-20-10-4-3-5-11-20)14-16-25-19(2)24-21-12-6-7-13-22(21)25/h3-7,10-15H,8-9,16-17H2,1-2H3. The van der Waals surface area contributed by atoms with E-state index in [0.29, 0.717) is 6.61 Å². The molecule has 3 rings (SSSR count). The Morgan fingerprint density at radius 2 is 1.88 bits per heavy atom. The molecule has 0 radical (unpaired) electrons. The zero-order valence-corrected chi connectivity index (χ0v) is 15.4. The molecule has 134 valence electrons. The van der Waals surface area contributed by atoms with E-state index in [2.05, 4.69) is 52.8 Å². The van der Waals surface area contributed by atoms with E-state index >= 15 is 0 Å². The number of hydrogen-bond acceptors (Lipinski definition) is 3. The molecule has 0 aliphatic heterocycles. The van der Waals surface area contributed by atoms with E-state index in [4.69, 9.17) is 4.84 Å². The summed E-state index contributed by atoms with van der Waals surface area (Å²) in [6.07, 6.45) is 5.96. The molecule has 0 atom stereocenters. The largest absolute Gasteiger partial charge is 0.391 e. The topological polar surface area (TPSA) is 39.4 Å². The number of para-hydroxylation sites is 2. The van der Waals surface area contributed by atoms with E-state index in [0.717, 1.165) is 36.3 Å². The maximum absolute atomic E-state index is 5.32. The summed E-state index contributed by atoms with van der Waals surface area (Å²) in [7, 11) is 0. The fraction of sp³-hybridized carbons (Fsp3) is 0.273. The van der Waals surface area contributed by atoms with Gasteiger partial charge in [-0.05, 0) is 44.4 Å². The highest BCUT2D eigenvalue weighted by molar-refractivity contribution is 5.75. The Labute approximate surface area is 154 Å². The van der Waals surface area contributed by atoms with E-state index in [1.807, 2.05) is 42.6 Å². The maximum atomic E-state index is 5.32. The van der Waals surface area contributed by atoms with E-state index in [9.17, 15) is 0 Å². The Balaban J connectivity index is 1.45. The van der Waals surface area contributed by atoms with E-state index in [1.165, 1.54) is 11.1 Å². The molecule has 0 aliphatic carbocycles. The van der Waals surface area contributed by atoms with Gasteiger partial charge in [0.25, 0.3) is 0 Å². The van der Waals surface area contributed by atoms with Gasteiger partial charge in [-0.3, -0.25) is 0 Å². The number of nitrogens with zero attached hydrogens (tertiary/aromatic N) is 3. The molecular weight excluding hydrogens is 322 g/mol. The fourth-order valence-electron chi connectivity index (χ4n) is 2.86. The van der Waals surface area contributed by atoms with Gasteiger partial charge in [-0.1, -0.05) is 59.3 Å². The highest BCUT2D eigenvalue weighted by Gasteiger charge is 2.04. The number of imidazole rings is 1. The van der Waals surface area contributed by atoms with Crippen LogP contribution in [0.25, 0.3) is 11.0 Å². The third-order valence-electron chi connectivity index (χ3n) is 4.36. The van der Waals surface area contributed by atoms with Crippen molar-refractivity contribution in [2.45, 2.75) is 39.8 Å². The van der Waals surface area contributed by atoms with Gasteiger partial charge in [0.1, 0.15) is 12.4 Å². The summed E-state index contributed by atoms with van der Waals surface area (Å²) >= 11 is 0. The van der Waals surface area contributed by atoms with Crippen molar-refractivity contribution in [1.29, 1.82) is 0 Å². The predicted molar refractivity (Wildman–Crippen MR) is 107 cm³/mol. The van der Waals surface area contributed by atoms with Crippen molar-refractivity contribution in [3.8, 4) is 0 Å². The van der Waals surface area contributed by atoms with Gasteiger partial charge < -0.3 is 9.40 Å². The number of oxime groups is 1. The highest BCUT2D eigenvalue weighted by atomic mass is 16.6. The first-order valence-electron chi connectivity index (χ1n) is 8.99. The highest BCUT2D eigenvalue weighted by Crippen LogP contribution is 2.16. The molecule has 0 bridgehead atoms. The van der Waals surface area contributed by atoms with Crippen molar-refractivity contribution < 1.29 is 4.84 Å². The number of fused-ring (bicyclic) bond motifs is 1. The molecular formula is C22H25N3O. The number of aromatic nitrogens is 2. The minimum atomic E-state index is 0.513. The van der Waals surface area contributed by atoms with Crippen LogP contribution in [0, 0.1) is 6.92 Å². The predicted octanol–water partition coefficient (Wildman–Crippen LogP) is 5.27. The second-order valence-corrected chi connectivity index (χ2v) is 6.39. The lowest BCUT2D eigenvalue weighted by molar-refractivity contribution is 0.131. The minimum absolute atomic E-state index is 0.513. The molecule has 0 spiro atoms. The van der Waals surface area contributed by atoms with E-state index < -0.39 is 0 Å². The lowest BCUT2D eigenvalue weighted by Gasteiger charge is -2.04. The Morgan fingerprint density at radius 3 is 2.73 bits per heavy atom. The van der Waals surface area contributed by atoms with Crippen LogP contribution in [-0.2, 0) is 18.0 Å². The summed E-state index contributed by atoms with van der Waals surface area (Å²) < 4.78 is 2.25. The molecule has 3 aromatic rings. The third-order valence-corrected chi connectivity index (χ3v) is 4.36. The molecule has 0 saturated carbocycles. The van der Waals surface area contributed by atoms with Crippen molar-refractivity contribution in [2.24, 2.45) is 5.16 Å². The van der Waals surface area contributed by atoms with Crippen LogP contribution in [0.5, 0.6) is 0 Å². The monoisotopic (exact) mass is 347 g/mol. The zero-order valence-electron chi connectivity index (χ0n) is 15.4. The van der Waals surface area contributed by atoms with Crippen molar-refractivity contribution in [1.82, 2.24) is 9.55 Å². The smallest absolute Gasteiger partial charge is 0.142 e. The summed E-state index contributed by atoms with van der Waals surface area (Å²) in [5.41, 5.74) is 4.71. The lowest BCUT2D eigenvalue weighted by Crippen LogP contribution is -1.98. The summed E-state index contributed by atoms with van der Waals surface area (Å²) in [5, 5.41) is 4.04. The third kappa shape index (κ3) is 4.82. The average Bonchev–Trinajstić information content (AvgIpc) is 2.99. The normalized spacial score (nSPS) is 12.2. The average molecular weight is 347 g/mol. The molecule has 0 saturated heterocycles. The molecule has 26 heavy (non-hydrogen) atoms. The number of rotatable bonds is 8. The Kier molecular flexibility index (Phi) is 6.20. The van der Waals surface area contributed by atoms with Crippen molar-refractivity contribution in [2.75, 3.05) is 0 Å². The van der Waals surface area contributed by atoms with Gasteiger partial charge in [0.05, 0.1) is 11.0 Å². The Bertz CT molecular complexity index is 894. The molecule has 1 aromatic heterocycles. The van der Waals surface area contributed by atoms with Gasteiger partial charge in [-0.25, -0.2) is 4.98 Å². The van der Waals surface area contributed by atoms with Crippen molar-refractivity contribution in [3.05, 3.63) is 77.6 Å². The molecule has 4 nitrogen and oxygen atoms in total. The van der Waals surface area contributed by atoms with Gasteiger partial charge >= 0.3 is 0 Å². The minimum Gasteiger partial charge on any atom is -0.391 e. The van der Waals surface area contributed by atoms with E-state index in [1.54, 1.807) is 0 Å². The van der Waals surface area contributed by atoms with Crippen LogP contribution in [0.2, 0.25) is 0 Å². The van der Waals surface area contributed by atoms with Gasteiger partial charge in [-0.2, -0.15) is 0 Å². The SMILES string of the molecule is CC(=CCn1c(C)nc2ccccc21)CCC=NOCc1ccccc1. The van der Waals surface area contributed by atoms with Crippen LogP contribution in [0.1, 0.15) is 31.2 Å². The first kappa shape index (κ1) is 17.9. The maximum Gasteiger partial charge on any atom is 0.142 e. The van der Waals surface area contributed by atoms with Crippen LogP contribution >= 0.6 is 0 Å². The van der Waals surface area contributed by atoms with Gasteiger partial charge in [0, 0.05) is 12.8 Å². The van der Waals surface area contributed by atoms with E-state index in [-0.39, 0.29) is 0 Å². The Morgan fingerprint density at radius 1 is 1.12 bits per heavy atom. The molecule has 0 aliphatic rings. The quantitative estimate of drug-likeness (QED) is 0.316. The summed E-state index contributed by atoms with van der Waals surface area (Å²) in [6, 6.07) is 18.3. The molecule has 0 unspecified atom stereocenters. The zero-order chi connectivity index (χ0) is 18.2. The molecule has 0 N–H and O–H groups in total. The van der Waals surface area contributed by atoms with Crippen LogP contribution in [-0.4, -0.2) is 15.8 Å². The van der Waals surface area contributed by atoms with Crippen molar-refractivity contribution in [3.63, 3.8) is 0 Å². The second kappa shape index (κ2) is 8.99. The summed E-state index contributed by atoms with van der Waals surface area (Å²) in [4.78, 5) is 9.93. The number of aryl methyl sites for hydroxylation is 1.